The van der Waals surface area contributed by atoms with Crippen molar-refractivity contribution in [2.24, 2.45) is 5.73 Å². The lowest BCUT2D eigenvalue weighted by Gasteiger charge is -2.32. The monoisotopic (exact) mass is 254 g/mol. The number of nitrogens with zero attached hydrogens (tertiary/aromatic N) is 1. The van der Waals surface area contributed by atoms with Gasteiger partial charge in [-0.1, -0.05) is 28.1 Å². The first-order valence-electron chi connectivity index (χ1n) is 4.88. The molecule has 0 bridgehead atoms. The molecular weight excluding hydrogens is 240 g/mol. The largest absolute Gasteiger partial charge is 0.330 e. The van der Waals surface area contributed by atoms with Gasteiger partial charge in [-0.25, -0.2) is 0 Å². The fourth-order valence-electron chi connectivity index (χ4n) is 2.14. The van der Waals surface area contributed by atoms with Crippen molar-refractivity contribution in [3.05, 3.63) is 33.8 Å². The van der Waals surface area contributed by atoms with E-state index in [-0.39, 0.29) is 0 Å². The fraction of sp³-hybridized carbons (Fsp3) is 0.455. The Kier molecular flexibility index (Phi) is 2.91. The Morgan fingerprint density at radius 3 is 3.07 bits per heavy atom. The van der Waals surface area contributed by atoms with Crippen LogP contribution in [-0.4, -0.2) is 25.0 Å². The van der Waals surface area contributed by atoms with Crippen molar-refractivity contribution in [2.75, 3.05) is 20.1 Å². The minimum Gasteiger partial charge on any atom is -0.330 e. The first kappa shape index (κ1) is 10.1. The van der Waals surface area contributed by atoms with E-state index in [1.54, 1.807) is 0 Å². The topological polar surface area (TPSA) is 29.3 Å². The molecule has 0 aromatic heterocycles. The van der Waals surface area contributed by atoms with Crippen LogP contribution in [0.25, 0.3) is 0 Å². The summed E-state index contributed by atoms with van der Waals surface area (Å²) in [5.41, 5.74) is 8.60. The van der Waals surface area contributed by atoms with E-state index in [1.807, 2.05) is 0 Å². The highest BCUT2D eigenvalue weighted by Crippen LogP contribution is 2.31. The molecule has 1 aliphatic heterocycles. The zero-order valence-electron chi connectivity index (χ0n) is 8.33. The van der Waals surface area contributed by atoms with E-state index in [9.17, 15) is 0 Å². The summed E-state index contributed by atoms with van der Waals surface area (Å²) in [6.07, 6.45) is 0. The Bertz CT molecular complexity index is 338. The molecule has 0 fully saturated rings. The van der Waals surface area contributed by atoms with E-state index in [4.69, 9.17) is 5.73 Å². The van der Waals surface area contributed by atoms with Crippen LogP contribution in [0.1, 0.15) is 17.0 Å². The maximum absolute atomic E-state index is 5.79. The van der Waals surface area contributed by atoms with Gasteiger partial charge in [-0.2, -0.15) is 0 Å². The van der Waals surface area contributed by atoms with Crippen LogP contribution in [0, 0.1) is 0 Å². The third kappa shape index (κ3) is 1.72. The first-order chi connectivity index (χ1) is 6.72. The molecule has 3 heteroatoms. The highest BCUT2D eigenvalue weighted by Gasteiger charge is 2.23. The minimum absolute atomic E-state index is 0.487. The zero-order valence-corrected chi connectivity index (χ0v) is 9.92. The summed E-state index contributed by atoms with van der Waals surface area (Å²) in [5, 5.41) is 0. The third-order valence-corrected chi connectivity index (χ3v) is 3.58. The highest BCUT2D eigenvalue weighted by atomic mass is 79.9. The van der Waals surface area contributed by atoms with Crippen molar-refractivity contribution in [1.29, 1.82) is 0 Å². The Hall–Kier alpha value is -0.380. The van der Waals surface area contributed by atoms with Crippen molar-refractivity contribution >= 4 is 15.9 Å². The summed E-state index contributed by atoms with van der Waals surface area (Å²) >= 11 is 3.60. The Balaban J connectivity index is 2.45. The number of halogens is 1. The standard InChI is InChI=1S/C11H15BrN2/c1-14-6-8(5-13)9-3-2-4-11(12)10(9)7-14/h2-4,8H,5-7,13H2,1H3. The average molecular weight is 255 g/mol. The van der Waals surface area contributed by atoms with Crippen LogP contribution >= 0.6 is 15.9 Å². The number of hydrogen-bond acceptors (Lipinski definition) is 2. The molecule has 1 atom stereocenters. The van der Waals surface area contributed by atoms with Crippen LogP contribution in [-0.2, 0) is 6.54 Å². The number of hydrogen-bond donors (Lipinski definition) is 1. The molecular formula is C11H15BrN2. The van der Waals surface area contributed by atoms with Gasteiger partial charge in [0.2, 0.25) is 0 Å². The fourth-order valence-corrected chi connectivity index (χ4v) is 2.64. The van der Waals surface area contributed by atoms with E-state index in [0.717, 1.165) is 19.6 Å². The molecule has 0 amide bonds. The van der Waals surface area contributed by atoms with Crippen molar-refractivity contribution in [3.63, 3.8) is 0 Å². The lowest BCUT2D eigenvalue weighted by molar-refractivity contribution is 0.282. The molecule has 2 rings (SSSR count). The van der Waals surface area contributed by atoms with Crippen LogP contribution in [0.5, 0.6) is 0 Å². The SMILES string of the molecule is CN1Cc2c(Br)cccc2C(CN)C1. The number of benzene rings is 1. The van der Waals surface area contributed by atoms with E-state index in [0.29, 0.717) is 5.92 Å². The molecule has 1 aliphatic rings. The second kappa shape index (κ2) is 4.01. The van der Waals surface area contributed by atoms with Crippen LogP contribution in [0.2, 0.25) is 0 Å². The summed E-state index contributed by atoms with van der Waals surface area (Å²) in [4.78, 5) is 2.32. The van der Waals surface area contributed by atoms with Crippen LogP contribution in [0.4, 0.5) is 0 Å². The second-order valence-electron chi connectivity index (χ2n) is 3.94. The van der Waals surface area contributed by atoms with Gasteiger partial charge in [0.15, 0.2) is 0 Å². The van der Waals surface area contributed by atoms with Crippen LogP contribution in [0.3, 0.4) is 0 Å². The molecule has 76 valence electrons. The van der Waals surface area contributed by atoms with E-state index in [1.165, 1.54) is 15.6 Å². The Morgan fingerprint density at radius 1 is 1.57 bits per heavy atom. The van der Waals surface area contributed by atoms with Crippen LogP contribution < -0.4 is 5.73 Å². The maximum atomic E-state index is 5.79. The zero-order chi connectivity index (χ0) is 10.1. The lowest BCUT2D eigenvalue weighted by Crippen LogP contribution is -2.34. The third-order valence-electron chi connectivity index (χ3n) is 2.84. The van der Waals surface area contributed by atoms with Crippen molar-refractivity contribution in [3.8, 4) is 0 Å². The Morgan fingerprint density at radius 2 is 2.36 bits per heavy atom. The average Bonchev–Trinajstić information content (AvgIpc) is 2.18. The minimum atomic E-state index is 0.487. The molecule has 1 aromatic carbocycles. The molecule has 1 heterocycles. The summed E-state index contributed by atoms with van der Waals surface area (Å²) in [6, 6.07) is 6.40. The van der Waals surface area contributed by atoms with Gasteiger partial charge in [0, 0.05) is 30.0 Å². The molecule has 14 heavy (non-hydrogen) atoms. The van der Waals surface area contributed by atoms with Gasteiger partial charge in [0.1, 0.15) is 0 Å². The van der Waals surface area contributed by atoms with Crippen molar-refractivity contribution in [2.45, 2.75) is 12.5 Å². The molecule has 2 N–H and O–H groups in total. The summed E-state index contributed by atoms with van der Waals surface area (Å²) < 4.78 is 1.21. The smallest absolute Gasteiger partial charge is 0.0245 e. The van der Waals surface area contributed by atoms with Gasteiger partial charge in [0.05, 0.1) is 0 Å². The predicted octanol–water partition coefficient (Wildman–Crippen LogP) is 1.94. The van der Waals surface area contributed by atoms with Gasteiger partial charge >= 0.3 is 0 Å². The van der Waals surface area contributed by atoms with Gasteiger partial charge in [-0.3, -0.25) is 0 Å². The molecule has 0 saturated heterocycles. The summed E-state index contributed by atoms with van der Waals surface area (Å²) in [7, 11) is 2.14. The molecule has 0 saturated carbocycles. The van der Waals surface area contributed by atoms with Crippen molar-refractivity contribution in [1.82, 2.24) is 4.90 Å². The van der Waals surface area contributed by atoms with Gasteiger partial charge in [-0.05, 0) is 24.2 Å². The first-order valence-corrected chi connectivity index (χ1v) is 5.67. The number of nitrogens with two attached hydrogens (primary N) is 1. The van der Waals surface area contributed by atoms with E-state index in [2.05, 4.69) is 46.1 Å². The van der Waals surface area contributed by atoms with E-state index >= 15 is 0 Å². The molecule has 1 unspecified atom stereocenters. The lowest BCUT2D eigenvalue weighted by atomic mass is 9.90. The van der Waals surface area contributed by atoms with Gasteiger partial charge in [-0.15, -0.1) is 0 Å². The Labute approximate surface area is 93.2 Å². The molecule has 0 spiro atoms. The molecule has 2 nitrogen and oxygen atoms in total. The highest BCUT2D eigenvalue weighted by molar-refractivity contribution is 9.10. The summed E-state index contributed by atoms with van der Waals surface area (Å²) in [6.45, 7) is 2.82. The van der Waals surface area contributed by atoms with Crippen LogP contribution in [0.15, 0.2) is 22.7 Å². The number of fused-ring (bicyclic) bond motifs is 1. The maximum Gasteiger partial charge on any atom is 0.0245 e. The molecule has 1 aromatic rings. The van der Waals surface area contributed by atoms with Crippen molar-refractivity contribution < 1.29 is 0 Å². The normalized spacial score (nSPS) is 22.1. The quantitative estimate of drug-likeness (QED) is 0.830. The summed E-state index contributed by atoms with van der Waals surface area (Å²) in [5.74, 6) is 0.487. The molecule has 0 aliphatic carbocycles. The van der Waals surface area contributed by atoms with E-state index < -0.39 is 0 Å². The molecule has 0 radical (unpaired) electrons. The number of rotatable bonds is 1. The van der Waals surface area contributed by atoms with Gasteiger partial charge < -0.3 is 10.6 Å². The second-order valence-corrected chi connectivity index (χ2v) is 4.79. The van der Waals surface area contributed by atoms with Gasteiger partial charge in [0.25, 0.3) is 0 Å². The predicted molar refractivity (Wildman–Crippen MR) is 62.3 cm³/mol. The number of likely N-dealkylation sites (N-methyl/N-ethyl adjacent to an activating group) is 1.